The van der Waals surface area contributed by atoms with Crippen molar-refractivity contribution in [2.24, 2.45) is 0 Å². The third-order valence-corrected chi connectivity index (χ3v) is 4.69. The Kier molecular flexibility index (Phi) is 3.63. The van der Waals surface area contributed by atoms with E-state index in [0.29, 0.717) is 6.61 Å². The van der Waals surface area contributed by atoms with Gasteiger partial charge >= 0.3 is 0 Å². The molecule has 2 aromatic rings. The van der Waals surface area contributed by atoms with Crippen LogP contribution in [-0.4, -0.2) is 44.1 Å². The van der Waals surface area contributed by atoms with Crippen molar-refractivity contribution in [1.29, 1.82) is 0 Å². The first-order chi connectivity index (χ1) is 10.8. The van der Waals surface area contributed by atoms with Crippen LogP contribution in [0.25, 0.3) is 0 Å². The SMILES string of the molecule is CCc1ccc(CN2CC[C@@H]3OCc4cnnn4[C@H]3C2)nc1. The summed E-state index contributed by atoms with van der Waals surface area (Å²) in [5.41, 5.74) is 3.50. The monoisotopic (exact) mass is 299 g/mol. The number of rotatable bonds is 3. The molecule has 0 N–H and O–H groups in total. The molecule has 0 aromatic carbocycles. The Bertz CT molecular complexity index is 638. The van der Waals surface area contributed by atoms with Crippen LogP contribution in [0.4, 0.5) is 0 Å². The number of likely N-dealkylation sites (tertiary alicyclic amines) is 1. The van der Waals surface area contributed by atoms with Gasteiger partial charge in [0.15, 0.2) is 0 Å². The molecule has 0 saturated carbocycles. The van der Waals surface area contributed by atoms with Gasteiger partial charge in [0, 0.05) is 25.8 Å². The van der Waals surface area contributed by atoms with Gasteiger partial charge in [0.25, 0.3) is 0 Å². The predicted molar refractivity (Wildman–Crippen MR) is 81.1 cm³/mol. The first kappa shape index (κ1) is 13.8. The number of aromatic nitrogens is 4. The van der Waals surface area contributed by atoms with Gasteiger partial charge in [-0.15, -0.1) is 5.10 Å². The number of ether oxygens (including phenoxy) is 1. The zero-order valence-electron chi connectivity index (χ0n) is 12.9. The van der Waals surface area contributed by atoms with Crippen molar-refractivity contribution >= 4 is 0 Å². The Morgan fingerprint density at radius 3 is 3.09 bits per heavy atom. The molecule has 4 rings (SSSR count). The van der Waals surface area contributed by atoms with Gasteiger partial charge in [0.2, 0.25) is 0 Å². The van der Waals surface area contributed by atoms with Crippen molar-refractivity contribution < 1.29 is 4.74 Å². The fourth-order valence-corrected chi connectivity index (χ4v) is 3.38. The van der Waals surface area contributed by atoms with E-state index in [4.69, 9.17) is 4.74 Å². The van der Waals surface area contributed by atoms with Gasteiger partial charge in [-0.05, 0) is 24.5 Å². The minimum absolute atomic E-state index is 0.265. The van der Waals surface area contributed by atoms with Crippen molar-refractivity contribution in [3.8, 4) is 0 Å². The lowest BCUT2D eigenvalue weighted by molar-refractivity contribution is -0.0671. The van der Waals surface area contributed by atoms with Gasteiger partial charge in [-0.25, -0.2) is 4.68 Å². The molecule has 4 heterocycles. The molecule has 1 fully saturated rings. The molecule has 22 heavy (non-hydrogen) atoms. The van der Waals surface area contributed by atoms with Crippen molar-refractivity contribution in [2.75, 3.05) is 13.1 Å². The van der Waals surface area contributed by atoms with Crippen LogP contribution >= 0.6 is 0 Å². The minimum Gasteiger partial charge on any atom is -0.370 e. The number of hydrogen-bond donors (Lipinski definition) is 0. The third-order valence-electron chi connectivity index (χ3n) is 4.69. The Morgan fingerprint density at radius 2 is 2.27 bits per heavy atom. The molecule has 2 aromatic heterocycles. The van der Waals surface area contributed by atoms with Gasteiger partial charge in [0.05, 0.1) is 36.3 Å². The molecule has 0 radical (unpaired) electrons. The maximum Gasteiger partial charge on any atom is 0.0930 e. The van der Waals surface area contributed by atoms with Crippen LogP contribution in [0.5, 0.6) is 0 Å². The molecular formula is C16H21N5O. The molecule has 1 saturated heterocycles. The van der Waals surface area contributed by atoms with Gasteiger partial charge in [-0.3, -0.25) is 9.88 Å². The summed E-state index contributed by atoms with van der Waals surface area (Å²) in [7, 11) is 0. The van der Waals surface area contributed by atoms with E-state index in [9.17, 15) is 0 Å². The lowest BCUT2D eigenvalue weighted by Crippen LogP contribution is -2.47. The number of aryl methyl sites for hydroxylation is 1. The maximum absolute atomic E-state index is 5.95. The number of piperidine rings is 1. The standard InChI is InChI=1S/C16H21N5O/c1-2-12-3-4-13(17-7-12)9-20-6-5-16-15(10-20)21-14(11-22-16)8-18-19-21/h3-4,7-8,15-16H,2,5-6,9-11H2,1H3/t15-,16-/m0/s1. The molecular weight excluding hydrogens is 278 g/mol. The number of nitrogens with zero attached hydrogens (tertiary/aromatic N) is 5. The summed E-state index contributed by atoms with van der Waals surface area (Å²) in [4.78, 5) is 7.01. The second kappa shape index (κ2) is 5.78. The Hall–Kier alpha value is -1.79. The highest BCUT2D eigenvalue weighted by atomic mass is 16.5. The fourth-order valence-electron chi connectivity index (χ4n) is 3.38. The Morgan fingerprint density at radius 1 is 1.32 bits per heavy atom. The summed E-state index contributed by atoms with van der Waals surface area (Å²) >= 11 is 0. The van der Waals surface area contributed by atoms with Crippen LogP contribution in [0.1, 0.15) is 36.3 Å². The van der Waals surface area contributed by atoms with Crippen LogP contribution in [-0.2, 0) is 24.3 Å². The quantitative estimate of drug-likeness (QED) is 0.861. The summed E-state index contributed by atoms with van der Waals surface area (Å²) in [6, 6.07) is 4.59. The Labute approximate surface area is 130 Å². The van der Waals surface area contributed by atoms with Gasteiger partial charge in [-0.2, -0.15) is 0 Å². The zero-order chi connectivity index (χ0) is 14.9. The van der Waals surface area contributed by atoms with Gasteiger partial charge in [0.1, 0.15) is 0 Å². The molecule has 0 amide bonds. The van der Waals surface area contributed by atoms with E-state index in [0.717, 1.165) is 43.9 Å². The topological polar surface area (TPSA) is 56.1 Å². The highest BCUT2D eigenvalue weighted by Gasteiger charge is 2.36. The highest BCUT2D eigenvalue weighted by molar-refractivity contribution is 5.14. The number of pyridine rings is 1. The Balaban J connectivity index is 1.47. The zero-order valence-corrected chi connectivity index (χ0v) is 12.9. The fraction of sp³-hybridized carbons (Fsp3) is 0.562. The van der Waals surface area contributed by atoms with E-state index in [1.165, 1.54) is 5.56 Å². The molecule has 0 bridgehead atoms. The van der Waals surface area contributed by atoms with Crippen LogP contribution in [0.3, 0.4) is 0 Å². The lowest BCUT2D eigenvalue weighted by atomic mass is 10.00. The van der Waals surface area contributed by atoms with E-state index in [-0.39, 0.29) is 12.1 Å². The average molecular weight is 299 g/mol. The largest absolute Gasteiger partial charge is 0.370 e. The van der Waals surface area contributed by atoms with Crippen molar-refractivity contribution in [3.63, 3.8) is 0 Å². The lowest BCUT2D eigenvalue weighted by Gasteiger charge is -2.40. The van der Waals surface area contributed by atoms with Crippen LogP contribution in [0.2, 0.25) is 0 Å². The summed E-state index contributed by atoms with van der Waals surface area (Å²) in [6.07, 6.45) is 6.13. The molecule has 2 atom stereocenters. The minimum atomic E-state index is 0.265. The molecule has 6 heteroatoms. The van der Waals surface area contributed by atoms with E-state index in [2.05, 4.69) is 39.3 Å². The summed E-state index contributed by atoms with van der Waals surface area (Å²) in [5, 5.41) is 8.27. The van der Waals surface area contributed by atoms with E-state index >= 15 is 0 Å². The van der Waals surface area contributed by atoms with Crippen molar-refractivity contribution in [1.82, 2.24) is 24.9 Å². The molecule has 116 valence electrons. The average Bonchev–Trinajstić information content (AvgIpc) is 3.05. The van der Waals surface area contributed by atoms with Gasteiger partial charge < -0.3 is 4.74 Å². The maximum atomic E-state index is 5.95. The van der Waals surface area contributed by atoms with E-state index in [1.54, 1.807) is 6.20 Å². The third kappa shape index (κ3) is 2.53. The number of hydrogen-bond acceptors (Lipinski definition) is 5. The van der Waals surface area contributed by atoms with E-state index < -0.39 is 0 Å². The normalized spacial score (nSPS) is 24.8. The first-order valence-corrected chi connectivity index (χ1v) is 8.00. The molecule has 2 aliphatic heterocycles. The second-order valence-corrected chi connectivity index (χ2v) is 6.12. The summed E-state index contributed by atoms with van der Waals surface area (Å²) < 4.78 is 8.00. The number of fused-ring (bicyclic) bond motifs is 3. The molecule has 0 aliphatic carbocycles. The smallest absolute Gasteiger partial charge is 0.0930 e. The van der Waals surface area contributed by atoms with Crippen LogP contribution in [0.15, 0.2) is 24.5 Å². The molecule has 2 aliphatic rings. The van der Waals surface area contributed by atoms with Crippen molar-refractivity contribution in [2.45, 2.75) is 45.1 Å². The molecule has 0 unspecified atom stereocenters. The van der Waals surface area contributed by atoms with Crippen LogP contribution in [0, 0.1) is 0 Å². The summed E-state index contributed by atoms with van der Waals surface area (Å²) in [6.45, 7) is 5.66. The predicted octanol–water partition coefficient (Wildman–Crippen LogP) is 1.58. The summed E-state index contributed by atoms with van der Waals surface area (Å²) in [5.74, 6) is 0. The second-order valence-electron chi connectivity index (χ2n) is 6.12. The molecule has 6 nitrogen and oxygen atoms in total. The van der Waals surface area contributed by atoms with Gasteiger partial charge in [-0.1, -0.05) is 18.2 Å². The highest BCUT2D eigenvalue weighted by Crippen LogP contribution is 2.30. The molecule has 0 spiro atoms. The van der Waals surface area contributed by atoms with Crippen molar-refractivity contribution in [3.05, 3.63) is 41.5 Å². The van der Waals surface area contributed by atoms with E-state index in [1.807, 2.05) is 10.9 Å². The van der Waals surface area contributed by atoms with Crippen LogP contribution < -0.4 is 0 Å². The first-order valence-electron chi connectivity index (χ1n) is 8.00.